The van der Waals surface area contributed by atoms with Gasteiger partial charge >= 0.3 is 0 Å². The standard InChI is InChI=1S/C23H28N2O5/c1-28-21-9-5-6-19(16-21)17-22(26)24-10-12-25(13-11-24)23(27)18-29-14-15-30-20-7-3-2-4-8-20/h2-9,16H,10-15,17-18H2,1H3. The van der Waals surface area contributed by atoms with Gasteiger partial charge in [-0.25, -0.2) is 0 Å². The molecule has 30 heavy (non-hydrogen) atoms. The van der Waals surface area contributed by atoms with Crippen LogP contribution >= 0.6 is 0 Å². The highest BCUT2D eigenvalue weighted by molar-refractivity contribution is 5.80. The van der Waals surface area contributed by atoms with Crippen molar-refractivity contribution < 1.29 is 23.8 Å². The molecule has 0 aromatic heterocycles. The molecular formula is C23H28N2O5. The van der Waals surface area contributed by atoms with Crippen LogP contribution in [0.2, 0.25) is 0 Å². The first-order valence-corrected chi connectivity index (χ1v) is 10.1. The summed E-state index contributed by atoms with van der Waals surface area (Å²) < 4.78 is 16.2. The highest BCUT2D eigenvalue weighted by atomic mass is 16.5. The predicted molar refractivity (Wildman–Crippen MR) is 113 cm³/mol. The van der Waals surface area contributed by atoms with Gasteiger partial charge < -0.3 is 24.0 Å². The maximum Gasteiger partial charge on any atom is 0.248 e. The molecule has 0 bridgehead atoms. The number of hydrogen-bond acceptors (Lipinski definition) is 5. The van der Waals surface area contributed by atoms with Crippen LogP contribution in [0.4, 0.5) is 0 Å². The van der Waals surface area contributed by atoms with Gasteiger partial charge in [-0.1, -0.05) is 30.3 Å². The summed E-state index contributed by atoms with van der Waals surface area (Å²) in [6.45, 7) is 2.87. The quantitative estimate of drug-likeness (QED) is 0.590. The highest BCUT2D eigenvalue weighted by Crippen LogP contribution is 2.14. The third-order valence-electron chi connectivity index (χ3n) is 4.94. The molecule has 7 nitrogen and oxygen atoms in total. The van der Waals surface area contributed by atoms with Gasteiger partial charge in [-0.15, -0.1) is 0 Å². The minimum atomic E-state index is -0.0606. The van der Waals surface area contributed by atoms with Crippen LogP contribution in [-0.2, 0) is 20.7 Å². The summed E-state index contributed by atoms with van der Waals surface area (Å²) in [6, 6.07) is 17.0. The Bertz CT molecular complexity index is 819. The van der Waals surface area contributed by atoms with Gasteiger partial charge in [0.1, 0.15) is 24.7 Å². The zero-order chi connectivity index (χ0) is 21.2. The largest absolute Gasteiger partial charge is 0.497 e. The van der Waals surface area contributed by atoms with E-state index in [0.717, 1.165) is 17.1 Å². The molecule has 0 unspecified atom stereocenters. The molecule has 2 aromatic rings. The summed E-state index contributed by atoms with van der Waals surface area (Å²) in [5.74, 6) is 1.52. The lowest BCUT2D eigenvalue weighted by atomic mass is 10.1. The fourth-order valence-corrected chi connectivity index (χ4v) is 3.26. The molecule has 0 spiro atoms. The van der Waals surface area contributed by atoms with Crippen molar-refractivity contribution in [2.24, 2.45) is 0 Å². The minimum absolute atomic E-state index is 0.0237. The molecule has 1 aliphatic heterocycles. The van der Waals surface area contributed by atoms with Crippen LogP contribution in [0.1, 0.15) is 5.56 Å². The highest BCUT2D eigenvalue weighted by Gasteiger charge is 2.24. The maximum atomic E-state index is 12.5. The van der Waals surface area contributed by atoms with E-state index >= 15 is 0 Å². The first-order chi connectivity index (χ1) is 14.7. The van der Waals surface area contributed by atoms with E-state index in [1.165, 1.54) is 0 Å². The van der Waals surface area contributed by atoms with E-state index in [9.17, 15) is 9.59 Å². The molecule has 7 heteroatoms. The number of methoxy groups -OCH3 is 1. The first-order valence-electron chi connectivity index (χ1n) is 10.1. The molecule has 1 aliphatic rings. The Hall–Kier alpha value is -3.06. The van der Waals surface area contributed by atoms with Crippen LogP contribution in [0, 0.1) is 0 Å². The topological polar surface area (TPSA) is 68.3 Å². The number of para-hydroxylation sites is 1. The lowest BCUT2D eigenvalue weighted by Crippen LogP contribution is -2.51. The van der Waals surface area contributed by atoms with Gasteiger partial charge in [-0.05, 0) is 29.8 Å². The molecule has 1 heterocycles. The van der Waals surface area contributed by atoms with Crippen molar-refractivity contribution in [3.8, 4) is 11.5 Å². The van der Waals surface area contributed by atoms with Crippen LogP contribution in [0.15, 0.2) is 54.6 Å². The predicted octanol–water partition coefficient (Wildman–Crippen LogP) is 2.00. The number of piperazine rings is 1. The number of nitrogens with zero attached hydrogens (tertiary/aromatic N) is 2. The maximum absolute atomic E-state index is 12.5. The third-order valence-corrected chi connectivity index (χ3v) is 4.94. The smallest absolute Gasteiger partial charge is 0.248 e. The Labute approximate surface area is 177 Å². The van der Waals surface area contributed by atoms with Crippen LogP contribution in [0.5, 0.6) is 11.5 Å². The monoisotopic (exact) mass is 412 g/mol. The molecule has 160 valence electrons. The zero-order valence-electron chi connectivity index (χ0n) is 17.3. The minimum Gasteiger partial charge on any atom is -0.497 e. The van der Waals surface area contributed by atoms with Crippen molar-refractivity contribution in [1.29, 1.82) is 0 Å². The molecule has 0 aliphatic carbocycles. The van der Waals surface area contributed by atoms with E-state index < -0.39 is 0 Å². The Morgan fingerprint density at radius 1 is 0.833 bits per heavy atom. The fraction of sp³-hybridized carbons (Fsp3) is 0.391. The lowest BCUT2D eigenvalue weighted by molar-refractivity contribution is -0.142. The Balaban J connectivity index is 1.33. The number of carbonyl (C=O) groups excluding carboxylic acids is 2. The van der Waals surface area contributed by atoms with E-state index in [2.05, 4.69) is 0 Å². The van der Waals surface area contributed by atoms with Crippen molar-refractivity contribution in [2.45, 2.75) is 6.42 Å². The number of amides is 2. The van der Waals surface area contributed by atoms with E-state index in [-0.39, 0.29) is 18.4 Å². The van der Waals surface area contributed by atoms with E-state index in [4.69, 9.17) is 14.2 Å². The van der Waals surface area contributed by atoms with Crippen molar-refractivity contribution in [1.82, 2.24) is 9.80 Å². The number of ether oxygens (including phenoxy) is 3. The van der Waals surface area contributed by atoms with Gasteiger partial charge in [-0.2, -0.15) is 0 Å². The lowest BCUT2D eigenvalue weighted by Gasteiger charge is -2.34. The number of rotatable bonds is 9. The van der Waals surface area contributed by atoms with E-state index in [1.54, 1.807) is 16.9 Å². The summed E-state index contributed by atoms with van der Waals surface area (Å²) in [5, 5.41) is 0. The average molecular weight is 412 g/mol. The van der Waals surface area contributed by atoms with Gasteiger partial charge in [0.05, 0.1) is 20.1 Å². The molecule has 3 rings (SSSR count). The van der Waals surface area contributed by atoms with Crippen LogP contribution in [0.3, 0.4) is 0 Å². The first kappa shape index (κ1) is 21.6. The van der Waals surface area contributed by atoms with Crippen LogP contribution in [0.25, 0.3) is 0 Å². The van der Waals surface area contributed by atoms with Gasteiger partial charge in [-0.3, -0.25) is 9.59 Å². The summed E-state index contributed by atoms with van der Waals surface area (Å²) in [4.78, 5) is 28.4. The molecule has 0 N–H and O–H groups in total. The van der Waals surface area contributed by atoms with Crippen molar-refractivity contribution in [3.05, 3.63) is 60.2 Å². The summed E-state index contributed by atoms with van der Waals surface area (Å²) >= 11 is 0. The molecule has 2 aromatic carbocycles. The van der Waals surface area contributed by atoms with Gasteiger partial charge in [0.2, 0.25) is 11.8 Å². The second-order valence-electron chi connectivity index (χ2n) is 7.00. The fourth-order valence-electron chi connectivity index (χ4n) is 3.26. The Morgan fingerprint density at radius 3 is 2.20 bits per heavy atom. The Kier molecular flexibility index (Phi) is 8.09. The SMILES string of the molecule is COc1cccc(CC(=O)N2CCN(C(=O)COCCOc3ccccc3)CC2)c1. The van der Waals surface area contributed by atoms with E-state index in [0.29, 0.717) is 45.8 Å². The molecule has 2 amide bonds. The molecule has 1 fully saturated rings. The molecular weight excluding hydrogens is 384 g/mol. The second-order valence-corrected chi connectivity index (χ2v) is 7.00. The molecule has 0 saturated carbocycles. The van der Waals surface area contributed by atoms with E-state index in [1.807, 2.05) is 54.6 Å². The number of carbonyl (C=O) groups is 2. The number of benzene rings is 2. The number of hydrogen-bond donors (Lipinski definition) is 0. The average Bonchev–Trinajstić information content (AvgIpc) is 2.79. The summed E-state index contributed by atoms with van der Waals surface area (Å²) in [5.41, 5.74) is 0.920. The van der Waals surface area contributed by atoms with Gasteiger partial charge in [0.15, 0.2) is 0 Å². The van der Waals surface area contributed by atoms with Crippen molar-refractivity contribution in [3.63, 3.8) is 0 Å². The summed E-state index contributed by atoms with van der Waals surface area (Å²) in [6.07, 6.45) is 0.329. The van der Waals surface area contributed by atoms with Crippen molar-refractivity contribution in [2.75, 3.05) is 53.1 Å². The second kappa shape index (κ2) is 11.2. The van der Waals surface area contributed by atoms with Gasteiger partial charge in [0.25, 0.3) is 0 Å². The van der Waals surface area contributed by atoms with Crippen LogP contribution in [-0.4, -0.2) is 74.7 Å². The third kappa shape index (κ3) is 6.49. The molecule has 0 atom stereocenters. The molecule has 1 saturated heterocycles. The Morgan fingerprint density at radius 2 is 1.50 bits per heavy atom. The zero-order valence-corrected chi connectivity index (χ0v) is 17.3. The van der Waals surface area contributed by atoms with Crippen LogP contribution < -0.4 is 9.47 Å². The molecule has 0 radical (unpaired) electrons. The van der Waals surface area contributed by atoms with Gasteiger partial charge in [0, 0.05) is 26.2 Å². The summed E-state index contributed by atoms with van der Waals surface area (Å²) in [7, 11) is 1.61. The van der Waals surface area contributed by atoms with Crippen molar-refractivity contribution >= 4 is 11.8 Å². The normalized spacial score (nSPS) is 13.8.